The van der Waals surface area contributed by atoms with E-state index in [4.69, 9.17) is 0 Å². The van der Waals surface area contributed by atoms with Crippen LogP contribution in [-0.4, -0.2) is 22.4 Å². The first-order chi connectivity index (χ1) is 8.54. The fourth-order valence-corrected chi connectivity index (χ4v) is 3.28. The number of rotatable bonds is 7. The summed E-state index contributed by atoms with van der Waals surface area (Å²) in [5, 5.41) is 8.13. The second-order valence-electron chi connectivity index (χ2n) is 4.94. The minimum absolute atomic E-state index is 0.585. The van der Waals surface area contributed by atoms with Crippen molar-refractivity contribution >= 4 is 15.9 Å². The molecule has 0 amide bonds. The maximum absolute atomic E-state index is 4.56. The summed E-state index contributed by atoms with van der Waals surface area (Å²) in [5.41, 5.74) is 2.48. The van der Waals surface area contributed by atoms with Gasteiger partial charge >= 0.3 is 0 Å². The third-order valence-electron chi connectivity index (χ3n) is 3.61. The summed E-state index contributed by atoms with van der Waals surface area (Å²) in [6.45, 7) is 9.93. The van der Waals surface area contributed by atoms with Crippen molar-refractivity contribution in [1.82, 2.24) is 15.1 Å². The Balaban J connectivity index is 2.80. The molecular weight excluding hydrogens is 290 g/mol. The molecule has 0 radical (unpaired) electrons. The highest BCUT2D eigenvalue weighted by Crippen LogP contribution is 2.25. The van der Waals surface area contributed by atoms with E-state index in [-0.39, 0.29) is 0 Å². The molecule has 0 aromatic carbocycles. The van der Waals surface area contributed by atoms with Gasteiger partial charge in [-0.3, -0.25) is 4.68 Å². The summed E-state index contributed by atoms with van der Waals surface area (Å²) in [4.78, 5) is 0. The molecule has 1 aromatic rings. The Hall–Kier alpha value is -0.350. The lowest BCUT2D eigenvalue weighted by Crippen LogP contribution is -2.35. The van der Waals surface area contributed by atoms with Crippen molar-refractivity contribution < 1.29 is 0 Å². The number of hydrogen-bond acceptors (Lipinski definition) is 2. The van der Waals surface area contributed by atoms with Crippen LogP contribution in [0.15, 0.2) is 4.47 Å². The van der Waals surface area contributed by atoms with Crippen LogP contribution in [0, 0.1) is 5.92 Å². The van der Waals surface area contributed by atoms with Crippen molar-refractivity contribution in [3.8, 4) is 0 Å². The minimum Gasteiger partial charge on any atom is -0.314 e. The van der Waals surface area contributed by atoms with E-state index in [9.17, 15) is 0 Å². The predicted octanol–water partition coefficient (Wildman–Crippen LogP) is 3.31. The second-order valence-corrected chi connectivity index (χ2v) is 5.73. The molecule has 2 unspecified atom stereocenters. The van der Waals surface area contributed by atoms with Crippen molar-refractivity contribution in [2.75, 3.05) is 6.54 Å². The Morgan fingerprint density at radius 2 is 2.00 bits per heavy atom. The maximum Gasteiger partial charge on any atom is 0.0766 e. The number of nitrogens with one attached hydrogen (secondary N) is 1. The first-order valence-corrected chi connectivity index (χ1v) is 7.77. The third kappa shape index (κ3) is 3.58. The zero-order chi connectivity index (χ0) is 13.7. The third-order valence-corrected chi connectivity index (χ3v) is 4.53. The summed E-state index contributed by atoms with van der Waals surface area (Å²) in [7, 11) is 2.04. The van der Waals surface area contributed by atoms with Crippen molar-refractivity contribution in [1.29, 1.82) is 0 Å². The Labute approximate surface area is 119 Å². The van der Waals surface area contributed by atoms with E-state index >= 15 is 0 Å². The molecule has 0 aliphatic carbocycles. The molecule has 1 rings (SSSR count). The zero-order valence-electron chi connectivity index (χ0n) is 12.3. The van der Waals surface area contributed by atoms with Crippen molar-refractivity contribution in [2.45, 2.75) is 53.0 Å². The van der Waals surface area contributed by atoms with Gasteiger partial charge in [-0.15, -0.1) is 0 Å². The van der Waals surface area contributed by atoms with Gasteiger partial charge in [0.25, 0.3) is 0 Å². The van der Waals surface area contributed by atoms with Gasteiger partial charge in [-0.05, 0) is 47.7 Å². The molecular formula is C14H26BrN3. The number of aromatic nitrogens is 2. The Morgan fingerprint density at radius 3 is 2.44 bits per heavy atom. The van der Waals surface area contributed by atoms with Crippen LogP contribution in [0.25, 0.3) is 0 Å². The summed E-state index contributed by atoms with van der Waals surface area (Å²) in [6, 6.07) is 0.585. The lowest BCUT2D eigenvalue weighted by atomic mass is 9.94. The topological polar surface area (TPSA) is 29.9 Å². The van der Waals surface area contributed by atoms with Gasteiger partial charge in [-0.2, -0.15) is 5.10 Å². The lowest BCUT2D eigenvalue weighted by molar-refractivity contribution is 0.364. The maximum atomic E-state index is 4.56. The molecule has 1 heterocycles. The van der Waals surface area contributed by atoms with Gasteiger partial charge in [-0.1, -0.05) is 27.7 Å². The van der Waals surface area contributed by atoms with Crippen LogP contribution in [0.5, 0.6) is 0 Å². The van der Waals surface area contributed by atoms with E-state index in [1.54, 1.807) is 0 Å². The average molecular weight is 316 g/mol. The fraction of sp³-hybridized carbons (Fsp3) is 0.786. The molecule has 104 valence electrons. The van der Waals surface area contributed by atoms with Crippen LogP contribution in [0.2, 0.25) is 0 Å². The lowest BCUT2D eigenvalue weighted by Gasteiger charge is -2.23. The Bertz CT molecular complexity index is 373. The van der Waals surface area contributed by atoms with Crippen LogP contribution in [0.4, 0.5) is 0 Å². The molecule has 0 aliphatic heterocycles. The van der Waals surface area contributed by atoms with Gasteiger partial charge < -0.3 is 5.32 Å². The number of aryl methyl sites for hydroxylation is 2. The molecule has 18 heavy (non-hydrogen) atoms. The minimum atomic E-state index is 0.585. The van der Waals surface area contributed by atoms with E-state index in [1.807, 2.05) is 11.7 Å². The van der Waals surface area contributed by atoms with Gasteiger partial charge in [0, 0.05) is 13.1 Å². The Morgan fingerprint density at radius 1 is 1.33 bits per heavy atom. The first-order valence-electron chi connectivity index (χ1n) is 6.98. The summed E-state index contributed by atoms with van der Waals surface area (Å²) >= 11 is 3.70. The van der Waals surface area contributed by atoms with Gasteiger partial charge in [0.15, 0.2) is 0 Å². The van der Waals surface area contributed by atoms with Gasteiger partial charge in [0.1, 0.15) is 0 Å². The van der Waals surface area contributed by atoms with E-state index in [1.165, 1.54) is 16.6 Å². The van der Waals surface area contributed by atoms with Gasteiger partial charge in [-0.25, -0.2) is 0 Å². The SMILES string of the molecule is CCNC(CC)C(C)Cc1c(Br)c(CC)nn1C. The summed E-state index contributed by atoms with van der Waals surface area (Å²) < 4.78 is 3.23. The fourth-order valence-electron chi connectivity index (χ4n) is 2.50. The highest BCUT2D eigenvalue weighted by atomic mass is 79.9. The monoisotopic (exact) mass is 315 g/mol. The van der Waals surface area contributed by atoms with Gasteiger partial charge in [0.2, 0.25) is 0 Å². The molecule has 0 spiro atoms. The van der Waals surface area contributed by atoms with Crippen LogP contribution in [-0.2, 0) is 19.9 Å². The second kappa shape index (κ2) is 7.29. The first kappa shape index (κ1) is 15.7. The van der Waals surface area contributed by atoms with E-state index in [0.717, 1.165) is 25.1 Å². The normalized spacial score (nSPS) is 14.8. The molecule has 0 saturated carbocycles. The highest BCUT2D eigenvalue weighted by molar-refractivity contribution is 9.10. The van der Waals surface area contributed by atoms with E-state index in [2.05, 4.69) is 54.0 Å². The molecule has 0 fully saturated rings. The quantitative estimate of drug-likeness (QED) is 0.836. The number of nitrogens with zero attached hydrogens (tertiary/aromatic N) is 2. The number of halogens is 1. The van der Waals surface area contributed by atoms with Crippen LogP contribution in [0.1, 0.15) is 45.5 Å². The van der Waals surface area contributed by atoms with E-state index in [0.29, 0.717) is 12.0 Å². The summed E-state index contributed by atoms with van der Waals surface area (Å²) in [5.74, 6) is 0.617. The zero-order valence-corrected chi connectivity index (χ0v) is 13.8. The molecule has 2 atom stereocenters. The number of hydrogen-bond donors (Lipinski definition) is 1. The average Bonchev–Trinajstić information content (AvgIpc) is 2.63. The standard InChI is InChI=1S/C14H26BrN3/c1-6-11(16-8-3)10(4)9-13-14(15)12(7-2)17-18(13)5/h10-11,16H,6-9H2,1-5H3. The molecule has 3 nitrogen and oxygen atoms in total. The molecule has 4 heteroatoms. The predicted molar refractivity (Wildman–Crippen MR) is 80.9 cm³/mol. The molecule has 0 aliphatic rings. The molecule has 0 bridgehead atoms. The van der Waals surface area contributed by atoms with Crippen molar-refractivity contribution in [3.05, 3.63) is 15.9 Å². The highest BCUT2D eigenvalue weighted by Gasteiger charge is 2.19. The molecule has 1 N–H and O–H groups in total. The van der Waals surface area contributed by atoms with Crippen LogP contribution in [0.3, 0.4) is 0 Å². The Kier molecular flexibility index (Phi) is 6.36. The van der Waals surface area contributed by atoms with Crippen molar-refractivity contribution in [3.63, 3.8) is 0 Å². The van der Waals surface area contributed by atoms with E-state index < -0.39 is 0 Å². The largest absolute Gasteiger partial charge is 0.314 e. The summed E-state index contributed by atoms with van der Waals surface area (Å²) in [6.07, 6.45) is 3.22. The smallest absolute Gasteiger partial charge is 0.0766 e. The van der Waals surface area contributed by atoms with Crippen LogP contribution < -0.4 is 5.32 Å². The van der Waals surface area contributed by atoms with Gasteiger partial charge in [0.05, 0.1) is 15.9 Å². The van der Waals surface area contributed by atoms with Crippen LogP contribution >= 0.6 is 15.9 Å². The molecule has 1 aromatic heterocycles. The van der Waals surface area contributed by atoms with Crippen molar-refractivity contribution in [2.24, 2.45) is 13.0 Å². The molecule has 0 saturated heterocycles.